The molecule has 5 saturated carbocycles. The molecule has 0 unspecified atom stereocenters. The smallest absolute Gasteiger partial charge is 0.309 e. The molecular weight excluding hydrogens is 722 g/mol. The highest BCUT2D eigenvalue weighted by Crippen LogP contribution is 2.77. The van der Waals surface area contributed by atoms with Gasteiger partial charge in [0.15, 0.2) is 5.78 Å². The minimum absolute atomic E-state index is 0.0139. The zero-order chi connectivity index (χ0) is 41.0. The summed E-state index contributed by atoms with van der Waals surface area (Å²) in [5.41, 5.74) is 2.00. The molecule has 0 saturated heterocycles. The predicted molar refractivity (Wildman–Crippen MR) is 220 cm³/mol. The van der Waals surface area contributed by atoms with Gasteiger partial charge in [0, 0.05) is 27.8 Å². The number of carboxylic acids is 1. The molecule has 6 aliphatic rings. The molecule has 1 aromatic rings. The number of carboxylic acid groups (broad SMARTS) is 1. The molecule has 0 heterocycles. The lowest BCUT2D eigenvalue weighted by atomic mass is 9.33. The number of carbonyl (C=O) groups is 4. The van der Waals surface area contributed by atoms with Crippen LogP contribution in [0.3, 0.4) is 0 Å². The Morgan fingerprint density at radius 1 is 0.911 bits per heavy atom. The van der Waals surface area contributed by atoms with Crippen LogP contribution in [0.4, 0.5) is 0 Å². The average molecular weight is 789 g/mol. The fraction of sp³-hybridized carbons (Fsp3) is 0.708. The molecule has 0 spiro atoms. The Hall–Kier alpha value is -2.93. The number of halogens is 1. The maximum atomic E-state index is 14.2. The van der Waals surface area contributed by atoms with Gasteiger partial charge in [-0.15, -0.1) is 0 Å². The molecule has 0 bridgehead atoms. The average Bonchev–Trinajstić information content (AvgIpc) is 3.81. The first-order valence-corrected chi connectivity index (χ1v) is 21.8. The van der Waals surface area contributed by atoms with Crippen LogP contribution in [0.2, 0.25) is 5.02 Å². The number of allylic oxidation sites excluding steroid dienone is 3. The molecule has 306 valence electrons. The number of fused-ring (bicyclic) bond motifs is 7. The number of rotatable bonds is 9. The van der Waals surface area contributed by atoms with E-state index in [1.807, 2.05) is 31.2 Å². The number of amides is 1. The highest BCUT2D eigenvalue weighted by molar-refractivity contribution is 6.30. The number of nitrogens with one attached hydrogen (secondary N) is 1. The fourth-order valence-corrected chi connectivity index (χ4v) is 14.0. The van der Waals surface area contributed by atoms with Gasteiger partial charge in [0.25, 0.3) is 0 Å². The van der Waals surface area contributed by atoms with Crippen LogP contribution >= 0.6 is 11.6 Å². The van der Waals surface area contributed by atoms with Crippen molar-refractivity contribution in [3.05, 3.63) is 57.6 Å². The standard InChI is InChI=1S/C48H66ClNO6/c1-28(2)38-33(51)26-47(25-29(3)40(53)50-48(23-24-48)30-11-13-31(49)14-12-30)22-21-45(9)32(39(38)47)15-16-35-44(8)19-18-36(56-37(52)27-42(4,5)41(54)55)43(6,7)34(44)17-20-46(35,45)10/h11-14,25,28,32,34-36H,15-24,26-27H2,1-10H3,(H,50,53)(H,54,55)/t32-,34+,35-,36+,44+,45-,46-,47-/m1/s1. The predicted octanol–water partition coefficient (Wildman–Crippen LogP) is 10.8. The van der Waals surface area contributed by atoms with Gasteiger partial charge in [-0.25, -0.2) is 0 Å². The molecule has 5 fully saturated rings. The number of ketones is 1. The van der Waals surface area contributed by atoms with Crippen LogP contribution in [-0.4, -0.2) is 34.8 Å². The van der Waals surface area contributed by atoms with E-state index in [9.17, 15) is 24.3 Å². The summed E-state index contributed by atoms with van der Waals surface area (Å²) >= 11 is 6.18. The van der Waals surface area contributed by atoms with Crippen molar-refractivity contribution in [2.75, 3.05) is 0 Å². The molecule has 0 radical (unpaired) electrons. The van der Waals surface area contributed by atoms with Crippen molar-refractivity contribution in [2.45, 2.75) is 158 Å². The van der Waals surface area contributed by atoms with Crippen LogP contribution in [0.25, 0.3) is 0 Å². The van der Waals surface area contributed by atoms with Crippen molar-refractivity contribution in [1.29, 1.82) is 0 Å². The molecule has 1 amide bonds. The molecule has 8 heteroatoms. The number of hydrogen-bond acceptors (Lipinski definition) is 5. The SMILES string of the molecule is CC(=C[C@@]12CC[C@]3(C)[C@H](CC[C@@H]4[C@@]5(C)CC[C@H](OC(=O)CC(C)(C)C(=O)O)C(C)(C)[C@@H]5CC[C@]43C)C1=C(C(C)C)C(=O)C2)C(=O)NC1(c2ccc(Cl)cc2)CC1. The zero-order valence-corrected chi connectivity index (χ0v) is 36.4. The summed E-state index contributed by atoms with van der Waals surface area (Å²) in [5, 5.41) is 13.7. The van der Waals surface area contributed by atoms with Gasteiger partial charge < -0.3 is 15.2 Å². The first kappa shape index (κ1) is 41.2. The molecule has 2 N–H and O–H groups in total. The Morgan fingerprint density at radius 3 is 2.18 bits per heavy atom. The number of benzene rings is 1. The van der Waals surface area contributed by atoms with Crippen molar-refractivity contribution in [3.8, 4) is 0 Å². The van der Waals surface area contributed by atoms with Gasteiger partial charge in [0.05, 0.1) is 17.4 Å². The molecule has 0 aromatic heterocycles. The van der Waals surface area contributed by atoms with Gasteiger partial charge >= 0.3 is 11.9 Å². The monoisotopic (exact) mass is 787 g/mol. The van der Waals surface area contributed by atoms with E-state index in [4.69, 9.17) is 16.3 Å². The number of aliphatic carboxylic acids is 1. The lowest BCUT2D eigenvalue weighted by molar-refractivity contribution is -0.232. The number of ether oxygens (including phenoxy) is 1. The first-order chi connectivity index (χ1) is 26.0. The van der Waals surface area contributed by atoms with Crippen molar-refractivity contribution in [2.24, 2.45) is 56.2 Å². The highest BCUT2D eigenvalue weighted by atomic mass is 35.5. The minimum atomic E-state index is -1.17. The molecule has 7 rings (SSSR count). The minimum Gasteiger partial charge on any atom is -0.481 e. The normalized spacial score (nSPS) is 37.2. The van der Waals surface area contributed by atoms with E-state index in [0.717, 1.165) is 75.3 Å². The zero-order valence-electron chi connectivity index (χ0n) is 35.6. The quantitative estimate of drug-likeness (QED) is 0.190. The number of hydrogen-bond donors (Lipinski definition) is 2. The Kier molecular flexibility index (Phi) is 9.99. The Balaban J connectivity index is 1.16. The molecular formula is C48H66ClNO6. The van der Waals surface area contributed by atoms with Crippen molar-refractivity contribution in [1.82, 2.24) is 5.32 Å². The van der Waals surface area contributed by atoms with Crippen molar-refractivity contribution in [3.63, 3.8) is 0 Å². The van der Waals surface area contributed by atoms with Gasteiger partial charge in [-0.05, 0) is 154 Å². The lowest BCUT2D eigenvalue weighted by Gasteiger charge is -2.72. The number of carbonyl (C=O) groups excluding carboxylic acids is 3. The Morgan fingerprint density at radius 2 is 1.57 bits per heavy atom. The highest BCUT2D eigenvalue weighted by Gasteiger charge is 2.70. The molecule has 7 nitrogen and oxygen atoms in total. The topological polar surface area (TPSA) is 110 Å². The van der Waals surface area contributed by atoms with Gasteiger partial charge in [0.2, 0.25) is 5.91 Å². The van der Waals surface area contributed by atoms with Crippen molar-refractivity contribution >= 4 is 35.2 Å². The first-order valence-electron chi connectivity index (χ1n) is 21.5. The van der Waals surface area contributed by atoms with Gasteiger partial charge in [-0.1, -0.05) is 78.3 Å². The van der Waals surface area contributed by atoms with E-state index >= 15 is 0 Å². The second-order valence-corrected chi connectivity index (χ2v) is 21.9. The maximum absolute atomic E-state index is 14.2. The summed E-state index contributed by atoms with van der Waals surface area (Å²) in [6, 6.07) is 7.80. The second-order valence-electron chi connectivity index (χ2n) is 21.4. The summed E-state index contributed by atoms with van der Waals surface area (Å²) in [4.78, 5) is 53.1. The third-order valence-electron chi connectivity index (χ3n) is 17.2. The summed E-state index contributed by atoms with van der Waals surface area (Å²) < 4.78 is 6.18. The van der Waals surface area contributed by atoms with E-state index in [2.05, 4.69) is 59.9 Å². The molecule has 0 aliphatic heterocycles. The van der Waals surface area contributed by atoms with Crippen LogP contribution in [0, 0.1) is 56.2 Å². The van der Waals surface area contributed by atoms with Crippen molar-refractivity contribution < 1.29 is 29.0 Å². The van der Waals surface area contributed by atoms with E-state index in [1.54, 1.807) is 13.8 Å². The third kappa shape index (κ3) is 6.25. The van der Waals surface area contributed by atoms with E-state index in [1.165, 1.54) is 5.57 Å². The summed E-state index contributed by atoms with van der Waals surface area (Å²) in [7, 11) is 0. The Labute approximate surface area is 340 Å². The van der Waals surface area contributed by atoms with Crippen LogP contribution in [0.5, 0.6) is 0 Å². The van der Waals surface area contributed by atoms with Crippen LogP contribution in [0.1, 0.15) is 152 Å². The summed E-state index contributed by atoms with van der Waals surface area (Å²) in [5.74, 6) is 0.00816. The molecule has 8 atom stereocenters. The van der Waals surface area contributed by atoms with Crippen LogP contribution in [0.15, 0.2) is 47.1 Å². The fourth-order valence-electron chi connectivity index (χ4n) is 13.8. The molecule has 6 aliphatic carbocycles. The molecule has 1 aromatic carbocycles. The molecule has 56 heavy (non-hydrogen) atoms. The summed E-state index contributed by atoms with van der Waals surface area (Å²) in [6.45, 7) is 21.6. The van der Waals surface area contributed by atoms with E-state index in [0.29, 0.717) is 28.9 Å². The summed E-state index contributed by atoms with van der Waals surface area (Å²) in [6.07, 6.45) is 11.9. The number of esters is 1. The number of Topliss-reactive ketones (excluding diaryl/α,β-unsaturated/α-hetero) is 1. The third-order valence-corrected chi connectivity index (χ3v) is 17.5. The van der Waals surface area contributed by atoms with E-state index < -0.39 is 22.8 Å². The Bertz CT molecular complexity index is 1890. The van der Waals surface area contributed by atoms with Crippen LogP contribution < -0.4 is 5.32 Å². The maximum Gasteiger partial charge on any atom is 0.309 e. The van der Waals surface area contributed by atoms with Crippen LogP contribution in [-0.2, 0) is 29.5 Å². The second kappa shape index (κ2) is 13.6. The van der Waals surface area contributed by atoms with E-state index in [-0.39, 0.29) is 63.2 Å². The lowest BCUT2D eigenvalue weighted by Crippen LogP contribution is -2.65. The van der Waals surface area contributed by atoms with Gasteiger partial charge in [0.1, 0.15) is 6.10 Å². The van der Waals surface area contributed by atoms with Gasteiger partial charge in [-0.3, -0.25) is 19.2 Å². The van der Waals surface area contributed by atoms with Gasteiger partial charge in [-0.2, -0.15) is 0 Å². The largest absolute Gasteiger partial charge is 0.481 e.